The maximum Gasteiger partial charge on any atom is 0.245 e. The van der Waals surface area contributed by atoms with Crippen molar-refractivity contribution in [1.82, 2.24) is 25.4 Å². The molecule has 0 saturated carbocycles. The monoisotopic (exact) mass is 433 g/mol. The highest BCUT2D eigenvalue weighted by molar-refractivity contribution is 7.09. The van der Waals surface area contributed by atoms with Crippen molar-refractivity contribution >= 4 is 23.2 Å². The molecule has 3 saturated heterocycles. The zero-order chi connectivity index (χ0) is 21.3. The van der Waals surface area contributed by atoms with Crippen molar-refractivity contribution in [3.63, 3.8) is 0 Å². The second-order valence-electron chi connectivity index (χ2n) is 9.17. The van der Waals surface area contributed by atoms with Crippen LogP contribution in [0.1, 0.15) is 49.6 Å². The minimum absolute atomic E-state index is 0.0877. The number of nitrogens with one attached hydrogen (secondary N) is 2. The summed E-state index contributed by atoms with van der Waals surface area (Å²) >= 11 is 1.74. The van der Waals surface area contributed by atoms with E-state index in [4.69, 9.17) is 0 Å². The van der Waals surface area contributed by atoms with Gasteiger partial charge in [0.25, 0.3) is 0 Å². The van der Waals surface area contributed by atoms with E-state index in [1.165, 1.54) is 11.3 Å². The average Bonchev–Trinajstić information content (AvgIpc) is 3.28. The van der Waals surface area contributed by atoms with Gasteiger partial charge in [0.1, 0.15) is 6.04 Å². The van der Waals surface area contributed by atoms with Crippen LogP contribution in [0, 0.1) is 12.8 Å². The van der Waals surface area contributed by atoms with E-state index in [0.717, 1.165) is 57.4 Å². The van der Waals surface area contributed by atoms with Gasteiger partial charge in [-0.05, 0) is 71.9 Å². The van der Waals surface area contributed by atoms with Crippen molar-refractivity contribution < 1.29 is 9.59 Å². The first-order valence-corrected chi connectivity index (χ1v) is 12.3. The molecule has 8 heteroatoms. The van der Waals surface area contributed by atoms with Crippen molar-refractivity contribution in [3.8, 4) is 0 Å². The summed E-state index contributed by atoms with van der Waals surface area (Å²) < 4.78 is 0. The lowest BCUT2D eigenvalue weighted by atomic mass is 9.90. The summed E-state index contributed by atoms with van der Waals surface area (Å²) in [5.41, 5.74) is 3.07. The van der Waals surface area contributed by atoms with E-state index >= 15 is 0 Å². The standard InChI is InChI=1S/C22H35N5O2S/c1-14-20(30-13-24-14)8-10-26-9-7-16-11-17-5-4-6-18(25-21(28)15(2)23-3)22(29)27(17)19(16)12-26/h13,15-19,23H,4-12H2,1-3H3,(H,25,28)/t15-,16+,17-,18-,19+/m0/s1. The number of nitrogens with zero attached hydrogens (tertiary/aromatic N) is 3. The lowest BCUT2D eigenvalue weighted by Gasteiger charge is -2.40. The normalized spacial score (nSPS) is 30.5. The van der Waals surface area contributed by atoms with Gasteiger partial charge in [-0.2, -0.15) is 0 Å². The van der Waals surface area contributed by atoms with Crippen LogP contribution in [0.3, 0.4) is 0 Å². The van der Waals surface area contributed by atoms with Gasteiger partial charge in [0.2, 0.25) is 11.8 Å². The molecule has 30 heavy (non-hydrogen) atoms. The van der Waals surface area contributed by atoms with Crippen LogP contribution in [0.5, 0.6) is 0 Å². The maximum absolute atomic E-state index is 13.5. The van der Waals surface area contributed by atoms with E-state index in [-0.39, 0.29) is 29.9 Å². The zero-order valence-corrected chi connectivity index (χ0v) is 19.2. The fourth-order valence-corrected chi connectivity index (χ4v) is 6.19. The summed E-state index contributed by atoms with van der Waals surface area (Å²) in [6.07, 6.45) is 6.14. The highest BCUT2D eigenvalue weighted by atomic mass is 32.1. The minimum Gasteiger partial charge on any atom is -0.343 e. The van der Waals surface area contributed by atoms with Crippen LogP contribution in [0.4, 0.5) is 0 Å². The maximum atomic E-state index is 13.5. The Hall–Kier alpha value is -1.51. The summed E-state index contributed by atoms with van der Waals surface area (Å²) in [6, 6.07) is -0.0336. The second kappa shape index (κ2) is 9.32. The summed E-state index contributed by atoms with van der Waals surface area (Å²) in [6.45, 7) is 7.01. The fraction of sp³-hybridized carbons (Fsp3) is 0.773. The Morgan fingerprint density at radius 2 is 2.20 bits per heavy atom. The SMILES string of the molecule is CN[C@@H](C)C(=O)N[C@H]1CCC[C@H]2C[C@H]3CCN(CCc4scnc4C)C[C@H]3N2C1=O. The third-order valence-electron chi connectivity index (χ3n) is 7.36. The molecule has 3 fully saturated rings. The van der Waals surface area contributed by atoms with Crippen LogP contribution in [-0.4, -0.2) is 77.4 Å². The number of piperidine rings is 1. The average molecular weight is 434 g/mol. The summed E-state index contributed by atoms with van der Waals surface area (Å²) in [4.78, 5) is 36.3. The van der Waals surface area contributed by atoms with E-state index in [0.29, 0.717) is 12.0 Å². The molecule has 2 amide bonds. The number of rotatable bonds is 6. The first-order chi connectivity index (χ1) is 14.5. The van der Waals surface area contributed by atoms with Crippen LogP contribution >= 0.6 is 11.3 Å². The molecule has 0 spiro atoms. The first-order valence-electron chi connectivity index (χ1n) is 11.4. The summed E-state index contributed by atoms with van der Waals surface area (Å²) in [7, 11) is 1.77. The van der Waals surface area contributed by atoms with Gasteiger partial charge in [0, 0.05) is 30.1 Å². The Morgan fingerprint density at radius 1 is 1.37 bits per heavy atom. The van der Waals surface area contributed by atoms with E-state index in [9.17, 15) is 9.59 Å². The Kier molecular flexibility index (Phi) is 6.75. The topological polar surface area (TPSA) is 77.6 Å². The third kappa shape index (κ3) is 4.41. The molecule has 4 rings (SSSR count). The smallest absolute Gasteiger partial charge is 0.245 e. The van der Waals surface area contributed by atoms with Crippen molar-refractivity contribution in [2.75, 3.05) is 26.7 Å². The molecule has 166 valence electrons. The van der Waals surface area contributed by atoms with Gasteiger partial charge in [-0.15, -0.1) is 11.3 Å². The highest BCUT2D eigenvalue weighted by Gasteiger charge is 2.48. The number of hydrogen-bond donors (Lipinski definition) is 2. The van der Waals surface area contributed by atoms with Crippen LogP contribution < -0.4 is 10.6 Å². The molecule has 0 aliphatic carbocycles. The second-order valence-corrected chi connectivity index (χ2v) is 10.1. The van der Waals surface area contributed by atoms with Gasteiger partial charge in [-0.3, -0.25) is 9.59 Å². The largest absolute Gasteiger partial charge is 0.343 e. The molecule has 1 aromatic heterocycles. The van der Waals surface area contributed by atoms with E-state index in [1.54, 1.807) is 18.4 Å². The molecule has 0 unspecified atom stereocenters. The number of fused-ring (bicyclic) bond motifs is 3. The number of amides is 2. The van der Waals surface area contributed by atoms with Gasteiger partial charge in [0.05, 0.1) is 17.2 Å². The molecule has 0 bridgehead atoms. The molecule has 7 nitrogen and oxygen atoms in total. The Morgan fingerprint density at radius 3 is 2.93 bits per heavy atom. The van der Waals surface area contributed by atoms with Crippen molar-refractivity contribution in [2.24, 2.45) is 5.92 Å². The lowest BCUT2D eigenvalue weighted by molar-refractivity contribution is -0.139. The molecule has 3 aliphatic heterocycles. The van der Waals surface area contributed by atoms with Gasteiger partial charge in [0.15, 0.2) is 0 Å². The van der Waals surface area contributed by atoms with Gasteiger partial charge >= 0.3 is 0 Å². The van der Waals surface area contributed by atoms with Crippen LogP contribution in [0.25, 0.3) is 0 Å². The summed E-state index contributed by atoms with van der Waals surface area (Å²) in [5.74, 6) is 0.656. The number of aromatic nitrogens is 1. The van der Waals surface area contributed by atoms with E-state index in [1.807, 2.05) is 12.4 Å². The number of carbonyl (C=O) groups excluding carboxylic acids is 2. The number of likely N-dealkylation sites (N-methyl/N-ethyl adjacent to an activating group) is 1. The molecule has 1 aromatic rings. The first kappa shape index (κ1) is 21.7. The predicted octanol–water partition coefficient (Wildman–Crippen LogP) is 1.56. The Labute approximate surface area is 183 Å². The Balaban J connectivity index is 1.41. The fourth-order valence-electron chi connectivity index (χ4n) is 5.42. The van der Waals surface area contributed by atoms with Gasteiger partial charge in [-0.25, -0.2) is 4.98 Å². The van der Waals surface area contributed by atoms with Crippen LogP contribution in [-0.2, 0) is 16.0 Å². The lowest BCUT2D eigenvalue weighted by Crippen LogP contribution is -2.57. The minimum atomic E-state index is -0.382. The zero-order valence-electron chi connectivity index (χ0n) is 18.4. The molecule has 5 atom stereocenters. The highest BCUT2D eigenvalue weighted by Crippen LogP contribution is 2.39. The van der Waals surface area contributed by atoms with Crippen molar-refractivity contribution in [1.29, 1.82) is 0 Å². The number of aryl methyl sites for hydroxylation is 1. The molecular weight excluding hydrogens is 398 g/mol. The van der Waals surface area contributed by atoms with Gasteiger partial charge < -0.3 is 20.4 Å². The van der Waals surface area contributed by atoms with E-state index in [2.05, 4.69) is 32.3 Å². The molecule has 0 aromatic carbocycles. The van der Waals surface area contributed by atoms with Gasteiger partial charge in [-0.1, -0.05) is 0 Å². The van der Waals surface area contributed by atoms with Crippen molar-refractivity contribution in [3.05, 3.63) is 16.1 Å². The summed E-state index contributed by atoms with van der Waals surface area (Å²) in [5, 5.41) is 5.98. The molecule has 4 heterocycles. The molecule has 2 N–H and O–H groups in total. The van der Waals surface area contributed by atoms with Crippen LogP contribution in [0.15, 0.2) is 5.51 Å². The van der Waals surface area contributed by atoms with E-state index < -0.39 is 0 Å². The number of carbonyl (C=O) groups is 2. The van der Waals surface area contributed by atoms with Crippen LogP contribution in [0.2, 0.25) is 0 Å². The predicted molar refractivity (Wildman–Crippen MR) is 118 cm³/mol. The number of hydrogen-bond acceptors (Lipinski definition) is 6. The number of likely N-dealkylation sites (tertiary alicyclic amines) is 1. The van der Waals surface area contributed by atoms with Crippen molar-refractivity contribution in [2.45, 2.75) is 76.5 Å². The third-order valence-corrected chi connectivity index (χ3v) is 8.35. The quantitative estimate of drug-likeness (QED) is 0.712. The Bertz CT molecular complexity index is 768. The number of thiazole rings is 1. The molecular formula is C22H35N5O2S. The molecule has 0 radical (unpaired) electrons. The molecule has 3 aliphatic rings.